The molecule has 2 aromatic carbocycles. The van der Waals surface area contributed by atoms with Crippen molar-refractivity contribution in [3.05, 3.63) is 71.8 Å². The van der Waals surface area contributed by atoms with Crippen LogP contribution in [0.25, 0.3) is 0 Å². The summed E-state index contributed by atoms with van der Waals surface area (Å²) >= 11 is 0. The van der Waals surface area contributed by atoms with Gasteiger partial charge in [-0.25, -0.2) is 0 Å². The zero-order valence-corrected chi connectivity index (χ0v) is 15.9. The van der Waals surface area contributed by atoms with Gasteiger partial charge in [-0.15, -0.1) is 0 Å². The van der Waals surface area contributed by atoms with Crippen molar-refractivity contribution >= 4 is 5.96 Å². The second-order valence-electron chi connectivity index (χ2n) is 6.67. The van der Waals surface area contributed by atoms with Crippen LogP contribution in [0.2, 0.25) is 0 Å². The molecule has 0 saturated carbocycles. The summed E-state index contributed by atoms with van der Waals surface area (Å²) in [7, 11) is 1.79. The molecule has 2 N–H and O–H groups in total. The Morgan fingerprint density at radius 2 is 1.81 bits per heavy atom. The first kappa shape index (κ1) is 19.4. The minimum atomic E-state index is 0.158. The van der Waals surface area contributed by atoms with E-state index in [1.165, 1.54) is 11.1 Å². The molecule has 1 aliphatic rings. The van der Waals surface area contributed by atoms with E-state index in [0.717, 1.165) is 32.1 Å². The number of benzene rings is 2. The Morgan fingerprint density at radius 1 is 1.07 bits per heavy atom. The van der Waals surface area contributed by atoms with Gasteiger partial charge >= 0.3 is 0 Å². The highest BCUT2D eigenvalue weighted by Crippen LogP contribution is 2.33. The number of aliphatic imine (C=N–C) groups is 1. The maximum atomic E-state index is 5.95. The maximum Gasteiger partial charge on any atom is 0.191 e. The van der Waals surface area contributed by atoms with Crippen LogP contribution in [0.15, 0.2) is 65.7 Å². The molecule has 1 heterocycles. The summed E-state index contributed by atoms with van der Waals surface area (Å²) in [5, 5.41) is 6.73. The van der Waals surface area contributed by atoms with Gasteiger partial charge < -0.3 is 20.1 Å². The fourth-order valence-electron chi connectivity index (χ4n) is 3.31. The monoisotopic (exact) mass is 367 g/mol. The van der Waals surface area contributed by atoms with Crippen molar-refractivity contribution in [2.45, 2.75) is 19.1 Å². The molecule has 1 saturated heterocycles. The largest absolute Gasteiger partial charge is 0.375 e. The Kier molecular flexibility index (Phi) is 7.69. The normalized spacial score (nSPS) is 19.8. The van der Waals surface area contributed by atoms with Crippen molar-refractivity contribution in [1.29, 1.82) is 0 Å². The van der Waals surface area contributed by atoms with Crippen LogP contribution in [-0.2, 0) is 16.1 Å². The SMILES string of the molecule is CN=C(NCCOCc1ccccc1)NCC1CCOC1c1ccccc1. The van der Waals surface area contributed by atoms with Gasteiger partial charge in [0.25, 0.3) is 0 Å². The van der Waals surface area contributed by atoms with Crippen molar-refractivity contribution in [2.24, 2.45) is 10.9 Å². The first-order chi connectivity index (χ1) is 13.4. The number of rotatable bonds is 8. The first-order valence-corrected chi connectivity index (χ1v) is 9.59. The molecule has 0 spiro atoms. The Hall–Kier alpha value is -2.37. The molecule has 2 atom stereocenters. The number of hydrogen-bond acceptors (Lipinski definition) is 3. The minimum absolute atomic E-state index is 0.158. The quantitative estimate of drug-likeness (QED) is 0.428. The van der Waals surface area contributed by atoms with E-state index in [9.17, 15) is 0 Å². The molecule has 1 fully saturated rings. The molecule has 0 radical (unpaired) electrons. The van der Waals surface area contributed by atoms with Crippen LogP contribution in [0.3, 0.4) is 0 Å². The van der Waals surface area contributed by atoms with Crippen molar-refractivity contribution in [3.8, 4) is 0 Å². The first-order valence-electron chi connectivity index (χ1n) is 9.59. The number of ether oxygens (including phenoxy) is 2. The molecule has 2 aromatic rings. The molecule has 3 rings (SSSR count). The molecular formula is C22H29N3O2. The van der Waals surface area contributed by atoms with E-state index < -0.39 is 0 Å². The predicted octanol–water partition coefficient (Wildman–Crippen LogP) is 3.15. The Balaban J connectivity index is 1.36. The van der Waals surface area contributed by atoms with Crippen LogP contribution in [0.4, 0.5) is 0 Å². The molecule has 144 valence electrons. The van der Waals surface area contributed by atoms with Gasteiger partial charge in [-0.3, -0.25) is 4.99 Å². The molecule has 0 aromatic heterocycles. The van der Waals surface area contributed by atoms with Gasteiger partial charge in [0, 0.05) is 32.7 Å². The lowest BCUT2D eigenvalue weighted by Crippen LogP contribution is -2.41. The van der Waals surface area contributed by atoms with E-state index in [2.05, 4.69) is 52.0 Å². The molecule has 0 amide bonds. The lowest BCUT2D eigenvalue weighted by atomic mass is 9.95. The summed E-state index contributed by atoms with van der Waals surface area (Å²) in [6, 6.07) is 20.7. The summed E-state index contributed by atoms with van der Waals surface area (Å²) in [6.07, 6.45) is 1.22. The van der Waals surface area contributed by atoms with Crippen molar-refractivity contribution in [3.63, 3.8) is 0 Å². The van der Waals surface area contributed by atoms with Gasteiger partial charge in [-0.1, -0.05) is 60.7 Å². The van der Waals surface area contributed by atoms with E-state index in [4.69, 9.17) is 9.47 Å². The highest BCUT2D eigenvalue weighted by molar-refractivity contribution is 5.79. The number of guanidine groups is 1. The van der Waals surface area contributed by atoms with E-state index in [1.807, 2.05) is 24.3 Å². The van der Waals surface area contributed by atoms with E-state index in [0.29, 0.717) is 19.1 Å². The van der Waals surface area contributed by atoms with Gasteiger partial charge in [0.05, 0.1) is 19.3 Å². The van der Waals surface area contributed by atoms with Crippen molar-refractivity contribution in [2.75, 3.05) is 33.4 Å². The molecule has 0 bridgehead atoms. The minimum Gasteiger partial charge on any atom is -0.375 e. The Morgan fingerprint density at radius 3 is 2.56 bits per heavy atom. The van der Waals surface area contributed by atoms with Crippen molar-refractivity contribution < 1.29 is 9.47 Å². The summed E-state index contributed by atoms with van der Waals surface area (Å²) in [5.41, 5.74) is 2.44. The molecule has 5 heteroatoms. The second kappa shape index (κ2) is 10.7. The molecular weight excluding hydrogens is 338 g/mol. The summed E-state index contributed by atoms with van der Waals surface area (Å²) in [5.74, 6) is 1.25. The van der Waals surface area contributed by atoms with Gasteiger partial charge in [0.2, 0.25) is 0 Å². The molecule has 2 unspecified atom stereocenters. The zero-order valence-electron chi connectivity index (χ0n) is 15.9. The van der Waals surface area contributed by atoms with Crippen LogP contribution in [0, 0.1) is 5.92 Å². The van der Waals surface area contributed by atoms with Crippen LogP contribution in [0.5, 0.6) is 0 Å². The van der Waals surface area contributed by atoms with E-state index >= 15 is 0 Å². The molecule has 27 heavy (non-hydrogen) atoms. The lowest BCUT2D eigenvalue weighted by molar-refractivity contribution is 0.0914. The van der Waals surface area contributed by atoms with Gasteiger partial charge in [-0.2, -0.15) is 0 Å². The second-order valence-corrected chi connectivity index (χ2v) is 6.67. The third kappa shape index (κ3) is 6.08. The maximum absolute atomic E-state index is 5.95. The van der Waals surface area contributed by atoms with Crippen molar-refractivity contribution in [1.82, 2.24) is 10.6 Å². The standard InChI is InChI=1S/C22H29N3O2/c1-23-22(24-13-15-26-17-18-8-4-2-5-9-18)25-16-20-12-14-27-21(20)19-10-6-3-7-11-19/h2-11,20-21H,12-17H2,1H3,(H2,23,24,25). The summed E-state index contributed by atoms with van der Waals surface area (Å²) in [6.45, 7) is 3.63. The fourth-order valence-corrected chi connectivity index (χ4v) is 3.31. The zero-order chi connectivity index (χ0) is 18.7. The average molecular weight is 367 g/mol. The number of hydrogen-bond donors (Lipinski definition) is 2. The van der Waals surface area contributed by atoms with Gasteiger partial charge in [-0.05, 0) is 17.5 Å². The van der Waals surface area contributed by atoms with E-state index in [1.54, 1.807) is 7.05 Å². The third-order valence-corrected chi connectivity index (χ3v) is 4.75. The predicted molar refractivity (Wildman–Crippen MR) is 109 cm³/mol. The van der Waals surface area contributed by atoms with Crippen LogP contribution < -0.4 is 10.6 Å². The lowest BCUT2D eigenvalue weighted by Gasteiger charge is -2.20. The van der Waals surface area contributed by atoms with Crippen LogP contribution in [-0.4, -0.2) is 39.3 Å². The van der Waals surface area contributed by atoms with Gasteiger partial charge in [0.1, 0.15) is 0 Å². The molecule has 1 aliphatic heterocycles. The smallest absolute Gasteiger partial charge is 0.191 e. The summed E-state index contributed by atoms with van der Waals surface area (Å²) in [4.78, 5) is 4.30. The van der Waals surface area contributed by atoms with Crippen LogP contribution >= 0.6 is 0 Å². The highest BCUT2D eigenvalue weighted by atomic mass is 16.5. The summed E-state index contributed by atoms with van der Waals surface area (Å²) < 4.78 is 11.7. The fraction of sp³-hybridized carbons (Fsp3) is 0.409. The third-order valence-electron chi connectivity index (χ3n) is 4.75. The topological polar surface area (TPSA) is 54.9 Å². The average Bonchev–Trinajstić information content (AvgIpc) is 3.20. The van der Waals surface area contributed by atoms with Gasteiger partial charge in [0.15, 0.2) is 5.96 Å². The molecule has 0 aliphatic carbocycles. The molecule has 5 nitrogen and oxygen atoms in total. The highest BCUT2D eigenvalue weighted by Gasteiger charge is 2.29. The Bertz CT molecular complexity index is 691. The van der Waals surface area contributed by atoms with Crippen LogP contribution in [0.1, 0.15) is 23.7 Å². The number of nitrogens with one attached hydrogen (secondary N) is 2. The van der Waals surface area contributed by atoms with E-state index in [-0.39, 0.29) is 6.10 Å². The Labute approximate surface area is 161 Å². The number of nitrogens with zero attached hydrogens (tertiary/aromatic N) is 1.